The predicted molar refractivity (Wildman–Crippen MR) is 107 cm³/mol. The highest BCUT2D eigenvalue weighted by Crippen LogP contribution is 2.29. The number of rotatable bonds is 5. The van der Waals surface area contributed by atoms with Crippen molar-refractivity contribution in [2.45, 2.75) is 80.7 Å². The van der Waals surface area contributed by atoms with Gasteiger partial charge in [0.05, 0.1) is 10.4 Å². The van der Waals surface area contributed by atoms with Crippen molar-refractivity contribution in [1.29, 1.82) is 0 Å². The molecule has 0 saturated heterocycles. The largest absolute Gasteiger partial charge is 0.324 e. The van der Waals surface area contributed by atoms with Gasteiger partial charge in [0, 0.05) is 18.8 Å². The Hall–Kier alpha value is -1.44. The topological polar surface area (TPSA) is 92.5 Å². The van der Waals surface area contributed by atoms with Crippen LogP contribution in [0.5, 0.6) is 0 Å². The zero-order valence-electron chi connectivity index (χ0n) is 16.1. The summed E-state index contributed by atoms with van der Waals surface area (Å²) in [6.07, 6.45) is 9.46. The second kappa shape index (κ2) is 8.29. The van der Waals surface area contributed by atoms with Gasteiger partial charge in [-0.15, -0.1) is 0 Å². The maximum absolute atomic E-state index is 13.0. The number of hydrogen-bond donors (Lipinski definition) is 2. The van der Waals surface area contributed by atoms with Crippen LogP contribution in [0.4, 0.5) is 5.69 Å². The molecule has 0 radical (unpaired) electrons. The quantitative estimate of drug-likeness (QED) is 0.803. The van der Waals surface area contributed by atoms with Crippen LogP contribution < -0.4 is 11.1 Å². The number of nitrogens with one attached hydrogen (secondary N) is 1. The number of anilines is 1. The molecule has 2 aliphatic carbocycles. The van der Waals surface area contributed by atoms with Crippen molar-refractivity contribution in [2.24, 2.45) is 5.73 Å². The summed E-state index contributed by atoms with van der Waals surface area (Å²) < 4.78 is 27.5. The van der Waals surface area contributed by atoms with Gasteiger partial charge < -0.3 is 11.1 Å². The Kier molecular flexibility index (Phi) is 6.23. The third-order valence-corrected chi connectivity index (χ3v) is 7.96. The zero-order valence-corrected chi connectivity index (χ0v) is 16.9. The SMILES string of the molecule is CN(C1CCCCC1)S(=O)(=O)c1cccc(NC(=O)C2(N)CCCCC2)c1. The van der Waals surface area contributed by atoms with Crippen LogP contribution in [0, 0.1) is 0 Å². The Labute approximate surface area is 162 Å². The third-order valence-electron chi connectivity index (χ3n) is 6.06. The summed E-state index contributed by atoms with van der Waals surface area (Å²) in [5, 5.41) is 2.84. The van der Waals surface area contributed by atoms with Crippen molar-refractivity contribution in [3.63, 3.8) is 0 Å². The van der Waals surface area contributed by atoms with Gasteiger partial charge in [0.1, 0.15) is 0 Å². The van der Waals surface area contributed by atoms with Crippen molar-refractivity contribution in [3.05, 3.63) is 24.3 Å². The minimum absolute atomic E-state index is 0.0524. The summed E-state index contributed by atoms with van der Waals surface area (Å²) in [6, 6.07) is 6.56. The van der Waals surface area contributed by atoms with Gasteiger partial charge in [-0.25, -0.2) is 8.42 Å². The number of sulfonamides is 1. The summed E-state index contributed by atoms with van der Waals surface area (Å²) in [5.74, 6) is -0.225. The van der Waals surface area contributed by atoms with Gasteiger partial charge in [0.2, 0.25) is 15.9 Å². The number of benzene rings is 1. The zero-order chi connectivity index (χ0) is 19.5. The van der Waals surface area contributed by atoms with E-state index in [-0.39, 0.29) is 16.8 Å². The number of nitrogens with zero attached hydrogens (tertiary/aromatic N) is 1. The first kappa shape index (κ1) is 20.3. The summed E-state index contributed by atoms with van der Waals surface area (Å²) in [5.41, 5.74) is 5.91. The molecule has 0 bridgehead atoms. The molecule has 150 valence electrons. The van der Waals surface area contributed by atoms with E-state index in [1.54, 1.807) is 31.3 Å². The Bertz CT molecular complexity index is 766. The van der Waals surface area contributed by atoms with E-state index in [1.807, 2.05) is 0 Å². The Morgan fingerprint density at radius 2 is 1.74 bits per heavy atom. The number of hydrogen-bond acceptors (Lipinski definition) is 4. The van der Waals surface area contributed by atoms with Crippen LogP contribution >= 0.6 is 0 Å². The first-order valence-corrected chi connectivity index (χ1v) is 11.5. The molecule has 2 aliphatic rings. The minimum Gasteiger partial charge on any atom is -0.324 e. The highest BCUT2D eigenvalue weighted by atomic mass is 32.2. The molecule has 0 aliphatic heterocycles. The van der Waals surface area contributed by atoms with E-state index in [9.17, 15) is 13.2 Å². The average Bonchev–Trinajstić information content (AvgIpc) is 2.69. The molecule has 0 heterocycles. The lowest BCUT2D eigenvalue weighted by molar-refractivity contribution is -0.122. The normalized spacial score (nSPS) is 21.1. The van der Waals surface area contributed by atoms with Crippen LogP contribution in [0.3, 0.4) is 0 Å². The molecule has 1 aromatic rings. The number of carbonyl (C=O) groups excluding carboxylic acids is 1. The van der Waals surface area contributed by atoms with Crippen molar-refractivity contribution in [2.75, 3.05) is 12.4 Å². The molecule has 0 unspecified atom stereocenters. The lowest BCUT2D eigenvalue weighted by Crippen LogP contribution is -2.52. The summed E-state index contributed by atoms with van der Waals surface area (Å²) in [4.78, 5) is 12.8. The highest BCUT2D eigenvalue weighted by molar-refractivity contribution is 7.89. The van der Waals surface area contributed by atoms with Crippen LogP contribution in [0.1, 0.15) is 64.2 Å². The van der Waals surface area contributed by atoms with Crippen molar-refractivity contribution in [3.8, 4) is 0 Å². The standard InChI is InChI=1S/C20H31N3O3S/c1-23(17-10-4-2-5-11-17)27(25,26)18-12-8-9-16(15-18)22-19(24)20(21)13-6-3-7-14-20/h8-9,12,15,17H,2-7,10-11,13-14,21H2,1H3,(H,22,24). The van der Waals surface area contributed by atoms with E-state index in [0.717, 1.165) is 44.9 Å². The molecule has 6 nitrogen and oxygen atoms in total. The molecule has 7 heteroatoms. The van der Waals surface area contributed by atoms with Crippen molar-refractivity contribution in [1.82, 2.24) is 4.31 Å². The average molecular weight is 394 g/mol. The van der Waals surface area contributed by atoms with Crippen LogP contribution in [-0.2, 0) is 14.8 Å². The molecule has 2 saturated carbocycles. The lowest BCUT2D eigenvalue weighted by Gasteiger charge is -2.32. The predicted octanol–water partition coefficient (Wildman–Crippen LogP) is 3.24. The number of amides is 1. The highest BCUT2D eigenvalue weighted by Gasteiger charge is 2.35. The molecule has 0 atom stereocenters. The van der Waals surface area contributed by atoms with E-state index in [2.05, 4.69) is 5.32 Å². The number of nitrogens with two attached hydrogens (primary N) is 1. The molecule has 3 N–H and O–H groups in total. The van der Waals surface area contributed by atoms with E-state index in [1.165, 1.54) is 10.7 Å². The maximum Gasteiger partial charge on any atom is 0.244 e. The maximum atomic E-state index is 13.0. The Morgan fingerprint density at radius 1 is 1.11 bits per heavy atom. The molecule has 1 amide bonds. The smallest absolute Gasteiger partial charge is 0.244 e. The molecule has 2 fully saturated rings. The van der Waals surface area contributed by atoms with Gasteiger partial charge in [-0.2, -0.15) is 4.31 Å². The fraction of sp³-hybridized carbons (Fsp3) is 0.650. The van der Waals surface area contributed by atoms with E-state index in [4.69, 9.17) is 5.73 Å². The minimum atomic E-state index is -3.59. The van der Waals surface area contributed by atoms with E-state index >= 15 is 0 Å². The summed E-state index contributed by atoms with van der Waals surface area (Å²) >= 11 is 0. The molecule has 0 aromatic heterocycles. The van der Waals surface area contributed by atoms with E-state index in [0.29, 0.717) is 18.5 Å². The summed E-state index contributed by atoms with van der Waals surface area (Å²) in [6.45, 7) is 0. The van der Waals surface area contributed by atoms with Crippen molar-refractivity contribution >= 4 is 21.6 Å². The fourth-order valence-corrected chi connectivity index (χ4v) is 5.67. The number of carbonyl (C=O) groups is 1. The van der Waals surface area contributed by atoms with Crippen LogP contribution in [0.25, 0.3) is 0 Å². The van der Waals surface area contributed by atoms with Crippen LogP contribution in [-0.4, -0.2) is 37.3 Å². The monoisotopic (exact) mass is 393 g/mol. The molecular weight excluding hydrogens is 362 g/mol. The molecule has 0 spiro atoms. The summed E-state index contributed by atoms with van der Waals surface area (Å²) in [7, 11) is -1.93. The van der Waals surface area contributed by atoms with Crippen LogP contribution in [0.2, 0.25) is 0 Å². The first-order chi connectivity index (χ1) is 12.8. The second-order valence-electron chi connectivity index (χ2n) is 8.01. The van der Waals surface area contributed by atoms with Gasteiger partial charge in [-0.05, 0) is 43.9 Å². The second-order valence-corrected chi connectivity index (χ2v) is 10.0. The molecular formula is C20H31N3O3S. The molecule has 27 heavy (non-hydrogen) atoms. The first-order valence-electron chi connectivity index (χ1n) is 10.0. The van der Waals surface area contributed by atoms with Gasteiger partial charge >= 0.3 is 0 Å². The fourth-order valence-electron chi connectivity index (χ4n) is 4.21. The van der Waals surface area contributed by atoms with Gasteiger partial charge in [0.25, 0.3) is 0 Å². The van der Waals surface area contributed by atoms with E-state index < -0.39 is 15.6 Å². The molecule has 3 rings (SSSR count). The molecule has 1 aromatic carbocycles. The van der Waals surface area contributed by atoms with Gasteiger partial charge in [-0.3, -0.25) is 4.79 Å². The lowest BCUT2D eigenvalue weighted by atomic mass is 9.82. The Morgan fingerprint density at radius 3 is 2.41 bits per heavy atom. The van der Waals surface area contributed by atoms with Crippen LogP contribution in [0.15, 0.2) is 29.2 Å². The van der Waals surface area contributed by atoms with Gasteiger partial charge in [0.15, 0.2) is 0 Å². The third kappa shape index (κ3) is 4.52. The Balaban J connectivity index is 1.75. The van der Waals surface area contributed by atoms with Crippen molar-refractivity contribution < 1.29 is 13.2 Å². The van der Waals surface area contributed by atoms with Gasteiger partial charge in [-0.1, -0.05) is 44.6 Å².